The van der Waals surface area contributed by atoms with Gasteiger partial charge in [-0.05, 0) is 29.5 Å². The Kier molecular flexibility index (Phi) is 3.36. The Hall–Kier alpha value is -1.84. The number of amides is 1. The molecule has 0 bridgehead atoms. The van der Waals surface area contributed by atoms with E-state index in [0.29, 0.717) is 17.9 Å². The minimum Gasteiger partial charge on any atom is -0.481 e. The lowest BCUT2D eigenvalue weighted by Crippen LogP contribution is -2.42. The van der Waals surface area contributed by atoms with Gasteiger partial charge in [-0.1, -0.05) is 26.0 Å². The molecule has 1 heterocycles. The Morgan fingerprint density at radius 2 is 2.22 bits per heavy atom. The average Bonchev–Trinajstić information content (AvgIpc) is 2.27. The van der Waals surface area contributed by atoms with Crippen molar-refractivity contribution >= 4 is 11.9 Å². The maximum Gasteiger partial charge on any atom is 0.305 e. The minimum atomic E-state index is -0.887. The van der Waals surface area contributed by atoms with Gasteiger partial charge in [0, 0.05) is 11.6 Å². The Morgan fingerprint density at radius 3 is 2.83 bits per heavy atom. The summed E-state index contributed by atoms with van der Waals surface area (Å²) in [5, 5.41) is 11.5. The van der Waals surface area contributed by atoms with Crippen LogP contribution in [0.15, 0.2) is 18.2 Å². The number of fused-ring (bicyclic) bond motifs is 1. The largest absolute Gasteiger partial charge is 0.481 e. The molecule has 4 heteroatoms. The molecule has 1 atom stereocenters. The molecule has 1 amide bonds. The van der Waals surface area contributed by atoms with Crippen LogP contribution in [0.4, 0.5) is 0 Å². The van der Waals surface area contributed by atoms with Gasteiger partial charge in [-0.3, -0.25) is 9.59 Å². The van der Waals surface area contributed by atoms with Gasteiger partial charge in [0.1, 0.15) is 0 Å². The summed E-state index contributed by atoms with van der Waals surface area (Å²) in [6.45, 7) is 4.16. The second-order valence-corrected chi connectivity index (χ2v) is 5.04. The molecular weight excluding hydrogens is 230 g/mol. The fraction of sp³-hybridized carbons (Fsp3) is 0.429. The van der Waals surface area contributed by atoms with Crippen LogP contribution in [0.1, 0.15) is 47.7 Å². The van der Waals surface area contributed by atoms with Crippen molar-refractivity contribution in [1.29, 1.82) is 0 Å². The Labute approximate surface area is 106 Å². The monoisotopic (exact) mass is 247 g/mol. The third-order valence-corrected chi connectivity index (χ3v) is 3.27. The maximum absolute atomic E-state index is 11.9. The first-order valence-corrected chi connectivity index (χ1v) is 6.13. The summed E-state index contributed by atoms with van der Waals surface area (Å²) < 4.78 is 0. The highest BCUT2D eigenvalue weighted by atomic mass is 16.4. The minimum absolute atomic E-state index is 0.0306. The Morgan fingerprint density at radius 1 is 1.50 bits per heavy atom. The first-order chi connectivity index (χ1) is 8.47. The van der Waals surface area contributed by atoms with Crippen molar-refractivity contribution in [3.63, 3.8) is 0 Å². The number of carbonyl (C=O) groups excluding carboxylic acids is 1. The zero-order chi connectivity index (χ0) is 13.3. The molecule has 1 aliphatic heterocycles. The summed E-state index contributed by atoms with van der Waals surface area (Å²) in [7, 11) is 0. The van der Waals surface area contributed by atoms with Gasteiger partial charge in [-0.2, -0.15) is 0 Å². The fourth-order valence-electron chi connectivity index (χ4n) is 2.26. The van der Waals surface area contributed by atoms with Crippen LogP contribution in [-0.4, -0.2) is 23.0 Å². The van der Waals surface area contributed by atoms with E-state index in [1.54, 1.807) is 0 Å². The smallest absolute Gasteiger partial charge is 0.305 e. The molecule has 96 valence electrons. The van der Waals surface area contributed by atoms with E-state index >= 15 is 0 Å². The highest BCUT2D eigenvalue weighted by Gasteiger charge is 2.26. The lowest BCUT2D eigenvalue weighted by Gasteiger charge is -2.25. The predicted octanol–water partition coefficient (Wildman–Crippen LogP) is 1.94. The van der Waals surface area contributed by atoms with Gasteiger partial charge in [-0.15, -0.1) is 0 Å². The molecule has 0 saturated carbocycles. The van der Waals surface area contributed by atoms with Crippen LogP contribution in [-0.2, 0) is 11.2 Å². The number of nitrogens with one attached hydrogen (secondary N) is 1. The summed E-state index contributed by atoms with van der Waals surface area (Å²) >= 11 is 0. The molecule has 0 spiro atoms. The van der Waals surface area contributed by atoms with Crippen LogP contribution in [0.25, 0.3) is 0 Å². The lowest BCUT2D eigenvalue weighted by molar-refractivity contribution is -0.137. The zero-order valence-corrected chi connectivity index (χ0v) is 10.6. The topological polar surface area (TPSA) is 66.4 Å². The van der Waals surface area contributed by atoms with Crippen molar-refractivity contribution in [3.05, 3.63) is 34.9 Å². The first-order valence-electron chi connectivity index (χ1n) is 6.13. The van der Waals surface area contributed by atoms with Crippen LogP contribution in [0.3, 0.4) is 0 Å². The molecule has 4 nitrogen and oxygen atoms in total. The number of carbonyl (C=O) groups is 2. The van der Waals surface area contributed by atoms with Gasteiger partial charge in [0.2, 0.25) is 0 Å². The van der Waals surface area contributed by atoms with Gasteiger partial charge in [0.05, 0.1) is 6.42 Å². The number of benzene rings is 1. The lowest BCUT2D eigenvalue weighted by atomic mass is 9.90. The third-order valence-electron chi connectivity index (χ3n) is 3.27. The number of hydrogen-bond acceptors (Lipinski definition) is 2. The van der Waals surface area contributed by atoms with Crippen molar-refractivity contribution in [1.82, 2.24) is 5.32 Å². The molecule has 18 heavy (non-hydrogen) atoms. The van der Waals surface area contributed by atoms with Crippen molar-refractivity contribution in [2.75, 3.05) is 0 Å². The van der Waals surface area contributed by atoms with E-state index in [1.807, 2.05) is 18.2 Å². The summed E-state index contributed by atoms with van der Waals surface area (Å²) in [5.41, 5.74) is 2.75. The molecule has 1 unspecified atom stereocenters. The van der Waals surface area contributed by atoms with Crippen molar-refractivity contribution < 1.29 is 14.7 Å². The van der Waals surface area contributed by atoms with Crippen LogP contribution < -0.4 is 5.32 Å². The van der Waals surface area contributed by atoms with Crippen LogP contribution in [0, 0.1) is 0 Å². The number of aliphatic carboxylic acids is 1. The van der Waals surface area contributed by atoms with Gasteiger partial charge in [0.25, 0.3) is 5.91 Å². The highest BCUT2D eigenvalue weighted by molar-refractivity contribution is 5.97. The number of rotatable bonds is 3. The van der Waals surface area contributed by atoms with Crippen molar-refractivity contribution in [2.24, 2.45) is 0 Å². The third kappa shape index (κ3) is 2.53. The van der Waals surface area contributed by atoms with E-state index in [4.69, 9.17) is 5.11 Å². The summed E-state index contributed by atoms with van der Waals surface area (Å²) in [6.07, 6.45) is 0.558. The van der Waals surface area contributed by atoms with Crippen LogP contribution >= 0.6 is 0 Å². The van der Waals surface area contributed by atoms with Crippen LogP contribution in [0.2, 0.25) is 0 Å². The highest BCUT2D eigenvalue weighted by Crippen LogP contribution is 2.23. The number of carboxylic acids is 1. The zero-order valence-electron chi connectivity index (χ0n) is 10.6. The summed E-state index contributed by atoms with van der Waals surface area (Å²) in [6, 6.07) is 5.57. The van der Waals surface area contributed by atoms with E-state index in [1.165, 1.54) is 0 Å². The number of hydrogen-bond donors (Lipinski definition) is 2. The maximum atomic E-state index is 11.9. The normalized spacial score (nSPS) is 18.4. The Bertz CT molecular complexity index is 494. The van der Waals surface area contributed by atoms with Crippen molar-refractivity contribution in [3.8, 4) is 0 Å². The quantitative estimate of drug-likeness (QED) is 0.857. The Balaban J connectivity index is 2.27. The molecule has 1 aliphatic rings. The van der Waals surface area contributed by atoms with E-state index in [9.17, 15) is 9.59 Å². The van der Waals surface area contributed by atoms with E-state index in [2.05, 4.69) is 19.2 Å². The molecular formula is C14H17NO3. The molecule has 0 aliphatic carbocycles. The standard InChI is InChI=1S/C14H17NO3/c1-8(2)9-3-4-10-5-11(7-13(16)17)15-14(18)12(10)6-9/h3-4,6,8,11H,5,7H2,1-2H3,(H,15,18)(H,16,17). The first kappa shape index (κ1) is 12.6. The molecule has 0 aromatic heterocycles. The second kappa shape index (κ2) is 4.80. The van der Waals surface area contributed by atoms with E-state index in [-0.39, 0.29) is 18.4 Å². The van der Waals surface area contributed by atoms with Crippen molar-refractivity contribution in [2.45, 2.75) is 38.6 Å². The van der Waals surface area contributed by atoms with Gasteiger partial charge in [0.15, 0.2) is 0 Å². The predicted molar refractivity (Wildman–Crippen MR) is 67.7 cm³/mol. The van der Waals surface area contributed by atoms with Gasteiger partial charge in [-0.25, -0.2) is 0 Å². The molecule has 1 aromatic rings. The molecule has 1 aromatic carbocycles. The summed E-state index contributed by atoms with van der Waals surface area (Å²) in [4.78, 5) is 22.6. The molecule has 0 radical (unpaired) electrons. The average molecular weight is 247 g/mol. The summed E-state index contributed by atoms with van der Waals surface area (Å²) in [5.74, 6) is -0.674. The van der Waals surface area contributed by atoms with Gasteiger partial charge < -0.3 is 10.4 Å². The molecule has 2 rings (SSSR count). The van der Waals surface area contributed by atoms with E-state index < -0.39 is 5.97 Å². The number of carboxylic acid groups (broad SMARTS) is 1. The molecule has 0 saturated heterocycles. The second-order valence-electron chi connectivity index (χ2n) is 5.04. The molecule has 0 fully saturated rings. The van der Waals surface area contributed by atoms with Gasteiger partial charge >= 0.3 is 5.97 Å². The fourth-order valence-corrected chi connectivity index (χ4v) is 2.26. The van der Waals surface area contributed by atoms with Crippen LogP contribution in [0.5, 0.6) is 0 Å². The SMILES string of the molecule is CC(C)c1ccc2c(c1)C(=O)NC(CC(=O)O)C2. The van der Waals surface area contributed by atoms with E-state index in [0.717, 1.165) is 11.1 Å². The molecule has 2 N–H and O–H groups in total.